The van der Waals surface area contributed by atoms with Gasteiger partial charge in [0, 0.05) is 23.2 Å². The van der Waals surface area contributed by atoms with Crippen LogP contribution in [0, 0.1) is 11.8 Å². The van der Waals surface area contributed by atoms with Crippen molar-refractivity contribution in [1.82, 2.24) is 10.1 Å². The molecule has 1 aromatic heterocycles. The number of primary amides is 1. The van der Waals surface area contributed by atoms with Crippen molar-refractivity contribution in [2.75, 3.05) is 19.4 Å². The van der Waals surface area contributed by atoms with E-state index in [2.05, 4.69) is 10.5 Å². The Balaban J connectivity index is 1.41. The molecule has 0 fully saturated rings. The number of likely N-dealkylation sites (N-methyl/N-ethyl adjacent to an activating group) is 1. The van der Waals surface area contributed by atoms with E-state index in [9.17, 15) is 39.6 Å². The van der Waals surface area contributed by atoms with Gasteiger partial charge in [-0.15, -0.1) is 0 Å². The molecule has 7 N–H and O–H groups in total. The van der Waals surface area contributed by atoms with Crippen molar-refractivity contribution in [3.63, 3.8) is 0 Å². The number of nitrogens with two attached hydrogens (primary N) is 1. The fraction of sp³-hybridized carbons (Fsp3) is 0.258. The standard InChI is InChI=1S/C31H28N4O9/c1-35(2)24-18-12-14-11-17-16(13-3-5-15(6-4-13)34-30(42)20-9-10-33-44-20)7-8-19(36)22(17)25(37)21(14)27(39)31(18,43)28(40)23(26(24)38)29(32)41/h3-10,14,18,24,36,38-39,43H,11-12H2,1-2H3,(H2,32,41)(H,34,42)/t14-,18-,24-,31-/m0/s1. The predicted octanol–water partition coefficient (Wildman–Crippen LogP) is 2.03. The molecular formula is C31H28N4O9. The quantitative estimate of drug-likeness (QED) is 0.233. The molecule has 0 saturated heterocycles. The van der Waals surface area contributed by atoms with Crippen molar-refractivity contribution >= 4 is 29.1 Å². The summed E-state index contributed by atoms with van der Waals surface area (Å²) in [5, 5.41) is 51.1. The summed E-state index contributed by atoms with van der Waals surface area (Å²) in [5.74, 6) is -7.53. The minimum Gasteiger partial charge on any atom is -0.510 e. The number of amides is 2. The first-order valence-electron chi connectivity index (χ1n) is 13.7. The maximum absolute atomic E-state index is 13.9. The summed E-state index contributed by atoms with van der Waals surface area (Å²) >= 11 is 0. The number of aromatic hydroxyl groups is 1. The third kappa shape index (κ3) is 4.12. The van der Waals surface area contributed by atoms with Gasteiger partial charge in [-0.25, -0.2) is 0 Å². The van der Waals surface area contributed by atoms with Crippen molar-refractivity contribution < 1.29 is 44.1 Å². The number of benzene rings is 2. The van der Waals surface area contributed by atoms with E-state index in [0.29, 0.717) is 22.4 Å². The molecular weight excluding hydrogens is 572 g/mol. The first kappa shape index (κ1) is 28.8. The third-order valence-corrected chi connectivity index (χ3v) is 8.72. The van der Waals surface area contributed by atoms with E-state index in [1.54, 1.807) is 44.4 Å². The molecule has 1 heterocycles. The number of aromatic nitrogens is 1. The summed E-state index contributed by atoms with van der Waals surface area (Å²) in [7, 11) is 3.14. The van der Waals surface area contributed by atoms with E-state index in [1.165, 1.54) is 23.2 Å². The summed E-state index contributed by atoms with van der Waals surface area (Å²) in [6.07, 6.45) is 1.47. The maximum atomic E-state index is 13.9. The summed E-state index contributed by atoms with van der Waals surface area (Å²) < 4.78 is 4.87. The molecule has 13 heteroatoms. The number of phenolic OH excluding ortho intramolecular Hbond substituents is 1. The maximum Gasteiger partial charge on any atom is 0.294 e. The Morgan fingerprint density at radius 1 is 1.07 bits per heavy atom. The van der Waals surface area contributed by atoms with Crippen LogP contribution in [-0.4, -0.2) is 79.6 Å². The molecule has 3 aliphatic rings. The van der Waals surface area contributed by atoms with Crippen LogP contribution in [0.1, 0.15) is 32.9 Å². The van der Waals surface area contributed by atoms with E-state index in [0.717, 1.165) is 0 Å². The fourth-order valence-corrected chi connectivity index (χ4v) is 6.78. The Morgan fingerprint density at radius 3 is 2.39 bits per heavy atom. The Morgan fingerprint density at radius 2 is 1.77 bits per heavy atom. The summed E-state index contributed by atoms with van der Waals surface area (Å²) in [6.45, 7) is 0. The lowest BCUT2D eigenvalue weighted by Gasteiger charge is -2.50. The number of hydrogen-bond donors (Lipinski definition) is 6. The van der Waals surface area contributed by atoms with Crippen molar-refractivity contribution in [3.05, 3.63) is 88.2 Å². The van der Waals surface area contributed by atoms with E-state index in [-0.39, 0.29) is 35.5 Å². The van der Waals surface area contributed by atoms with Crippen LogP contribution in [0.5, 0.6) is 5.75 Å². The lowest BCUT2D eigenvalue weighted by Crippen LogP contribution is -2.63. The number of aliphatic hydroxyl groups excluding tert-OH is 2. The fourth-order valence-electron chi connectivity index (χ4n) is 6.78. The van der Waals surface area contributed by atoms with E-state index in [1.807, 2.05) is 0 Å². The predicted molar refractivity (Wildman–Crippen MR) is 154 cm³/mol. The first-order chi connectivity index (χ1) is 20.9. The molecule has 6 rings (SSSR count). The number of allylic oxidation sites excluding steroid dienone is 1. The smallest absolute Gasteiger partial charge is 0.294 e. The number of ketones is 2. The van der Waals surface area contributed by atoms with Crippen LogP contribution < -0.4 is 11.1 Å². The molecule has 0 saturated carbocycles. The largest absolute Gasteiger partial charge is 0.510 e. The molecule has 0 spiro atoms. The van der Waals surface area contributed by atoms with Gasteiger partial charge >= 0.3 is 0 Å². The number of nitrogens with one attached hydrogen (secondary N) is 1. The van der Waals surface area contributed by atoms with Crippen LogP contribution in [0.2, 0.25) is 0 Å². The normalized spacial score (nSPS) is 24.6. The molecule has 0 bridgehead atoms. The number of hydrogen-bond acceptors (Lipinski definition) is 11. The molecule has 3 aliphatic carbocycles. The monoisotopic (exact) mass is 600 g/mol. The molecule has 0 unspecified atom stereocenters. The molecule has 13 nitrogen and oxygen atoms in total. The van der Waals surface area contributed by atoms with Crippen LogP contribution in [0.4, 0.5) is 5.69 Å². The Bertz CT molecular complexity index is 1810. The zero-order valence-corrected chi connectivity index (χ0v) is 23.6. The molecule has 3 aromatic rings. The summed E-state index contributed by atoms with van der Waals surface area (Å²) in [4.78, 5) is 53.3. The minimum absolute atomic E-state index is 0.0204. The van der Waals surface area contributed by atoms with Gasteiger partial charge in [-0.2, -0.15) is 0 Å². The molecule has 2 amide bonds. The van der Waals surface area contributed by atoms with Gasteiger partial charge in [0.15, 0.2) is 11.4 Å². The number of fused-ring (bicyclic) bond motifs is 3. The average molecular weight is 601 g/mol. The lowest BCUT2D eigenvalue weighted by molar-refractivity contribution is -0.148. The van der Waals surface area contributed by atoms with E-state index in [4.69, 9.17) is 10.3 Å². The number of Topliss-reactive ketones (excluding diaryl/α,β-unsaturated/α-hetero) is 2. The second kappa shape index (κ2) is 10.2. The van der Waals surface area contributed by atoms with E-state index < -0.39 is 64.0 Å². The van der Waals surface area contributed by atoms with Crippen molar-refractivity contribution in [2.45, 2.75) is 24.5 Å². The van der Waals surface area contributed by atoms with Gasteiger partial charge in [0.1, 0.15) is 22.8 Å². The molecule has 4 atom stereocenters. The molecule has 226 valence electrons. The van der Waals surface area contributed by atoms with Crippen LogP contribution in [0.15, 0.2) is 75.8 Å². The topological polar surface area (TPSA) is 217 Å². The van der Waals surface area contributed by atoms with Crippen LogP contribution >= 0.6 is 0 Å². The Labute approximate surface area is 249 Å². The zero-order valence-electron chi connectivity index (χ0n) is 23.6. The highest BCUT2D eigenvalue weighted by molar-refractivity contribution is 6.25. The van der Waals surface area contributed by atoms with Crippen molar-refractivity contribution in [2.24, 2.45) is 17.6 Å². The second-order valence-electron chi connectivity index (χ2n) is 11.4. The molecule has 0 aliphatic heterocycles. The van der Waals surface area contributed by atoms with Crippen LogP contribution in [0.3, 0.4) is 0 Å². The van der Waals surface area contributed by atoms with Crippen LogP contribution in [-0.2, 0) is 16.0 Å². The number of nitrogens with zero attached hydrogens (tertiary/aromatic N) is 2. The van der Waals surface area contributed by atoms with Gasteiger partial charge in [0.2, 0.25) is 11.5 Å². The summed E-state index contributed by atoms with van der Waals surface area (Å²) in [5.41, 5.74) is 3.73. The number of carbonyl (C=O) groups is 4. The number of carbonyl (C=O) groups excluding carboxylic acids is 4. The molecule has 2 aromatic carbocycles. The zero-order chi connectivity index (χ0) is 31.7. The van der Waals surface area contributed by atoms with E-state index >= 15 is 0 Å². The van der Waals surface area contributed by atoms with Gasteiger partial charge in [0.25, 0.3) is 11.8 Å². The van der Waals surface area contributed by atoms with Gasteiger partial charge in [-0.3, -0.25) is 24.1 Å². The minimum atomic E-state index is -2.70. The van der Waals surface area contributed by atoms with Gasteiger partial charge in [-0.05, 0) is 67.7 Å². The Kier molecular flexibility index (Phi) is 6.67. The van der Waals surface area contributed by atoms with Crippen molar-refractivity contribution in [3.8, 4) is 16.9 Å². The highest BCUT2D eigenvalue weighted by Gasteiger charge is 2.63. The molecule has 44 heavy (non-hydrogen) atoms. The number of aliphatic hydroxyl groups is 3. The highest BCUT2D eigenvalue weighted by Crippen LogP contribution is 2.53. The number of phenols is 1. The number of rotatable bonds is 5. The van der Waals surface area contributed by atoms with Crippen LogP contribution in [0.25, 0.3) is 11.1 Å². The average Bonchev–Trinajstić information content (AvgIpc) is 3.51. The second-order valence-corrected chi connectivity index (χ2v) is 11.4. The SMILES string of the molecule is CN(C)[C@@H]1C(O)=C(C(N)=O)C(=O)[C@@]2(O)C(O)=C3C(=O)c4c(O)ccc(-c5ccc(NC(=O)c6ccno6)cc5)c4C[C@H]3C[C@@H]12. The summed E-state index contributed by atoms with van der Waals surface area (Å²) in [6, 6.07) is 10.1. The van der Waals surface area contributed by atoms with Crippen molar-refractivity contribution in [1.29, 1.82) is 0 Å². The molecule has 0 radical (unpaired) electrons. The van der Waals surface area contributed by atoms with Gasteiger partial charge in [-0.1, -0.05) is 23.4 Å². The van der Waals surface area contributed by atoms with Gasteiger partial charge < -0.3 is 36.0 Å². The lowest BCUT2D eigenvalue weighted by atomic mass is 9.58. The van der Waals surface area contributed by atoms with Gasteiger partial charge in [0.05, 0.1) is 17.8 Å². The first-order valence-corrected chi connectivity index (χ1v) is 13.7. The number of anilines is 1. The third-order valence-electron chi connectivity index (χ3n) is 8.72. The Hall–Kier alpha value is -5.27. The highest BCUT2D eigenvalue weighted by atomic mass is 16.5.